The fraction of sp³-hybridized carbons (Fsp3) is 0.591. The SMILES string of the molecule is Cc1n[nH]c(C)c1C(=O)N1CCC(N2CCC(Oc3ccc(C(F)(F)F)cn3)CC2)CC1. The minimum absolute atomic E-state index is 0.0448. The first-order valence-corrected chi connectivity index (χ1v) is 11.0. The van der Waals surface area contributed by atoms with Gasteiger partial charge >= 0.3 is 6.18 Å². The number of aromatic amines is 1. The molecular weight excluding hydrogens is 423 g/mol. The number of nitrogens with zero attached hydrogens (tertiary/aromatic N) is 4. The maximum absolute atomic E-state index is 12.8. The number of piperidine rings is 2. The fourth-order valence-electron chi connectivity index (χ4n) is 4.61. The fourth-order valence-corrected chi connectivity index (χ4v) is 4.61. The summed E-state index contributed by atoms with van der Waals surface area (Å²) in [5, 5.41) is 7.00. The number of amides is 1. The lowest BCUT2D eigenvalue weighted by Gasteiger charge is -2.41. The van der Waals surface area contributed by atoms with Gasteiger partial charge in [-0.2, -0.15) is 18.3 Å². The maximum Gasteiger partial charge on any atom is 0.417 e. The summed E-state index contributed by atoms with van der Waals surface area (Å²) in [5.41, 5.74) is 1.44. The third-order valence-corrected chi connectivity index (χ3v) is 6.44. The average Bonchev–Trinajstić information content (AvgIpc) is 3.11. The molecule has 2 aromatic rings. The topological polar surface area (TPSA) is 74.4 Å². The van der Waals surface area contributed by atoms with Gasteiger partial charge in [-0.05, 0) is 45.6 Å². The number of ether oxygens (including phenoxy) is 1. The highest BCUT2D eigenvalue weighted by Gasteiger charge is 2.33. The van der Waals surface area contributed by atoms with Crippen molar-refractivity contribution in [2.75, 3.05) is 26.2 Å². The van der Waals surface area contributed by atoms with Gasteiger partial charge in [0.2, 0.25) is 5.88 Å². The van der Waals surface area contributed by atoms with Gasteiger partial charge in [-0.25, -0.2) is 4.98 Å². The van der Waals surface area contributed by atoms with Crippen LogP contribution in [0.4, 0.5) is 13.2 Å². The van der Waals surface area contributed by atoms with Gasteiger partial charge < -0.3 is 9.64 Å². The molecule has 0 radical (unpaired) electrons. The average molecular weight is 451 g/mol. The van der Waals surface area contributed by atoms with Crippen molar-refractivity contribution >= 4 is 5.91 Å². The van der Waals surface area contributed by atoms with E-state index in [-0.39, 0.29) is 17.9 Å². The monoisotopic (exact) mass is 451 g/mol. The second-order valence-corrected chi connectivity index (χ2v) is 8.57. The number of halogens is 3. The van der Waals surface area contributed by atoms with Gasteiger partial charge in [0.1, 0.15) is 6.10 Å². The van der Waals surface area contributed by atoms with Crippen LogP contribution in [0.25, 0.3) is 0 Å². The third-order valence-electron chi connectivity index (χ3n) is 6.44. The lowest BCUT2D eigenvalue weighted by molar-refractivity contribution is -0.137. The van der Waals surface area contributed by atoms with E-state index >= 15 is 0 Å². The van der Waals surface area contributed by atoms with Crippen molar-refractivity contribution in [3.8, 4) is 5.88 Å². The molecule has 1 N–H and O–H groups in total. The van der Waals surface area contributed by atoms with Crippen molar-refractivity contribution in [1.29, 1.82) is 0 Å². The Morgan fingerprint density at radius 3 is 2.31 bits per heavy atom. The number of alkyl halides is 3. The first-order chi connectivity index (χ1) is 15.2. The predicted molar refractivity (Wildman–Crippen MR) is 111 cm³/mol. The summed E-state index contributed by atoms with van der Waals surface area (Å²) in [5.74, 6) is 0.274. The van der Waals surface area contributed by atoms with E-state index in [1.165, 1.54) is 6.07 Å². The molecule has 0 saturated carbocycles. The molecular formula is C22H28F3N5O2. The molecule has 2 aromatic heterocycles. The Balaban J connectivity index is 1.24. The van der Waals surface area contributed by atoms with E-state index in [4.69, 9.17) is 4.74 Å². The zero-order chi connectivity index (χ0) is 22.9. The molecule has 0 bridgehead atoms. The highest BCUT2D eigenvalue weighted by molar-refractivity contribution is 5.96. The quantitative estimate of drug-likeness (QED) is 0.769. The van der Waals surface area contributed by atoms with Crippen molar-refractivity contribution in [3.05, 3.63) is 40.8 Å². The van der Waals surface area contributed by atoms with Crippen LogP contribution >= 0.6 is 0 Å². The number of carbonyl (C=O) groups excluding carboxylic acids is 1. The van der Waals surface area contributed by atoms with Crippen molar-refractivity contribution in [2.24, 2.45) is 0 Å². The highest BCUT2D eigenvalue weighted by atomic mass is 19.4. The van der Waals surface area contributed by atoms with E-state index < -0.39 is 11.7 Å². The third kappa shape index (κ3) is 4.90. The molecule has 0 unspecified atom stereocenters. The summed E-state index contributed by atoms with van der Waals surface area (Å²) >= 11 is 0. The molecule has 2 aliphatic heterocycles. The first-order valence-electron chi connectivity index (χ1n) is 11.0. The van der Waals surface area contributed by atoms with E-state index in [1.807, 2.05) is 18.7 Å². The molecule has 10 heteroatoms. The van der Waals surface area contributed by atoms with Crippen LogP contribution in [-0.4, -0.2) is 69.2 Å². The molecule has 0 aromatic carbocycles. The summed E-state index contributed by atoms with van der Waals surface area (Å²) in [6, 6.07) is 2.71. The summed E-state index contributed by atoms with van der Waals surface area (Å²) in [4.78, 5) is 21.0. The number of aryl methyl sites for hydroxylation is 2. The van der Waals surface area contributed by atoms with E-state index in [2.05, 4.69) is 20.1 Å². The number of likely N-dealkylation sites (tertiary alicyclic amines) is 2. The summed E-state index contributed by atoms with van der Waals surface area (Å²) in [6.45, 7) is 6.88. The Morgan fingerprint density at radius 2 is 1.78 bits per heavy atom. The number of nitrogens with one attached hydrogen (secondary N) is 1. The van der Waals surface area contributed by atoms with Crippen molar-refractivity contribution in [3.63, 3.8) is 0 Å². The molecule has 7 nitrogen and oxygen atoms in total. The lowest BCUT2D eigenvalue weighted by atomic mass is 9.98. The Bertz CT molecular complexity index is 909. The van der Waals surface area contributed by atoms with Gasteiger partial charge in [0.05, 0.1) is 16.8 Å². The molecule has 4 rings (SSSR count). The van der Waals surface area contributed by atoms with Gasteiger partial charge in [0.25, 0.3) is 5.91 Å². The van der Waals surface area contributed by atoms with Crippen molar-refractivity contribution in [2.45, 2.75) is 57.9 Å². The minimum Gasteiger partial charge on any atom is -0.474 e. The Kier molecular flexibility index (Phi) is 6.41. The smallest absolute Gasteiger partial charge is 0.417 e. The highest BCUT2D eigenvalue weighted by Crippen LogP contribution is 2.30. The number of aromatic nitrogens is 3. The zero-order valence-electron chi connectivity index (χ0n) is 18.3. The van der Waals surface area contributed by atoms with Crippen molar-refractivity contribution in [1.82, 2.24) is 25.0 Å². The van der Waals surface area contributed by atoms with Crippen LogP contribution < -0.4 is 4.74 Å². The summed E-state index contributed by atoms with van der Waals surface area (Å²) in [7, 11) is 0. The normalized spacial score (nSPS) is 19.3. The first kappa shape index (κ1) is 22.6. The van der Waals surface area contributed by atoms with Crippen LogP contribution in [0, 0.1) is 13.8 Å². The maximum atomic E-state index is 12.8. The van der Waals surface area contributed by atoms with Gasteiger partial charge in [-0.1, -0.05) is 0 Å². The number of H-pyrrole nitrogens is 1. The Morgan fingerprint density at radius 1 is 1.09 bits per heavy atom. The van der Waals surface area contributed by atoms with E-state index in [1.54, 1.807) is 0 Å². The molecule has 1 amide bonds. The number of hydrogen-bond donors (Lipinski definition) is 1. The molecule has 174 valence electrons. The Hall–Kier alpha value is -2.62. The van der Waals surface area contributed by atoms with E-state index in [9.17, 15) is 18.0 Å². The van der Waals surface area contributed by atoms with Gasteiger partial charge in [-0.15, -0.1) is 0 Å². The largest absolute Gasteiger partial charge is 0.474 e. The number of hydrogen-bond acceptors (Lipinski definition) is 5. The lowest BCUT2D eigenvalue weighted by Crippen LogP contribution is -2.50. The molecule has 2 saturated heterocycles. The molecule has 4 heterocycles. The second-order valence-electron chi connectivity index (χ2n) is 8.57. The minimum atomic E-state index is -4.40. The molecule has 2 fully saturated rings. The summed E-state index contributed by atoms with van der Waals surface area (Å²) < 4.78 is 43.8. The number of rotatable bonds is 4. The number of pyridine rings is 1. The van der Waals surface area contributed by atoms with Crippen LogP contribution in [0.1, 0.15) is 53.0 Å². The van der Waals surface area contributed by atoms with Gasteiger partial charge in [0.15, 0.2) is 0 Å². The summed E-state index contributed by atoms with van der Waals surface area (Å²) in [6.07, 6.45) is -0.185. The molecule has 2 aliphatic rings. The number of carbonyl (C=O) groups is 1. The van der Waals surface area contributed by atoms with Crippen LogP contribution in [0.15, 0.2) is 18.3 Å². The standard InChI is InChI=1S/C22H28F3N5O2/c1-14-20(15(2)28-27-14)21(31)30-9-5-17(6-10-30)29-11-7-18(8-12-29)32-19-4-3-16(13-26-19)22(23,24)25/h3-4,13,17-18H,5-12H2,1-2H3,(H,27,28). The molecule has 32 heavy (non-hydrogen) atoms. The van der Waals surface area contributed by atoms with Gasteiger partial charge in [0, 0.05) is 50.2 Å². The van der Waals surface area contributed by atoms with Crippen LogP contribution in [-0.2, 0) is 6.18 Å². The molecule has 0 aliphatic carbocycles. The van der Waals surface area contributed by atoms with E-state index in [0.717, 1.165) is 75.5 Å². The van der Waals surface area contributed by atoms with E-state index in [0.29, 0.717) is 11.6 Å². The van der Waals surface area contributed by atoms with Gasteiger partial charge in [-0.3, -0.25) is 14.8 Å². The van der Waals surface area contributed by atoms with Crippen LogP contribution in [0.3, 0.4) is 0 Å². The molecule has 0 atom stereocenters. The predicted octanol–water partition coefficient (Wildman–Crippen LogP) is 3.59. The second kappa shape index (κ2) is 9.09. The molecule has 0 spiro atoms. The Labute approximate surface area is 184 Å². The van der Waals surface area contributed by atoms with Crippen molar-refractivity contribution < 1.29 is 22.7 Å². The van der Waals surface area contributed by atoms with Crippen LogP contribution in [0.2, 0.25) is 0 Å². The van der Waals surface area contributed by atoms with Crippen LogP contribution in [0.5, 0.6) is 5.88 Å². The zero-order valence-corrected chi connectivity index (χ0v) is 18.3.